The van der Waals surface area contributed by atoms with Crippen LogP contribution in [0.25, 0.3) is 6.08 Å². The minimum Gasteiger partial charge on any atom is -0.504 e. The molecule has 2 aromatic rings. The van der Waals surface area contributed by atoms with Crippen molar-refractivity contribution in [2.45, 2.75) is 77.2 Å². The fraction of sp³-hybridized carbons (Fsp3) is 0.472. The number of esters is 1. The number of benzene rings is 2. The van der Waals surface area contributed by atoms with Gasteiger partial charge in [-0.1, -0.05) is 12.1 Å². The van der Waals surface area contributed by atoms with E-state index in [-0.39, 0.29) is 47.8 Å². The Morgan fingerprint density at radius 1 is 1.09 bits per heavy atom. The maximum atomic E-state index is 12.9. The standard InChI is InChI=1S/C36H48N2O7/c1-22(16-34(44-9)25(4)42-7)36(5)20-30(37(36)6)24(3)38-23(2)17-27-18-32(39)33(40)19-29(27)31(38)21-45-35(41)15-12-26-10-13-28(43-8)14-11-26/h10-16,18-19,23-24,30-31,39-40H,17,20-21H2,1-9H3. The van der Waals surface area contributed by atoms with E-state index in [2.05, 4.69) is 44.5 Å². The lowest BCUT2D eigenvalue weighted by Gasteiger charge is -2.61. The lowest BCUT2D eigenvalue weighted by atomic mass is 9.72. The van der Waals surface area contributed by atoms with Crippen molar-refractivity contribution in [2.24, 2.45) is 0 Å². The molecule has 0 aromatic heterocycles. The van der Waals surface area contributed by atoms with Crippen LogP contribution in [-0.4, -0.2) is 84.6 Å². The predicted molar refractivity (Wildman–Crippen MR) is 175 cm³/mol. The number of phenolic OH excluding ortho intramolecular Hbond substituents is 2. The average Bonchev–Trinajstić information content (AvgIpc) is 3.03. The summed E-state index contributed by atoms with van der Waals surface area (Å²) in [5.41, 5.74) is 3.65. The van der Waals surface area contributed by atoms with Gasteiger partial charge in [0, 0.05) is 29.7 Å². The molecular formula is C36H48N2O7. The second kappa shape index (κ2) is 14.0. The van der Waals surface area contributed by atoms with Crippen LogP contribution in [0.5, 0.6) is 17.2 Å². The van der Waals surface area contributed by atoms with Crippen LogP contribution >= 0.6 is 0 Å². The summed E-state index contributed by atoms with van der Waals surface area (Å²) in [6, 6.07) is 10.7. The molecule has 0 amide bonds. The van der Waals surface area contributed by atoms with Gasteiger partial charge in [0.1, 0.15) is 18.1 Å². The maximum Gasteiger partial charge on any atom is 0.330 e. The highest BCUT2D eigenvalue weighted by molar-refractivity contribution is 5.87. The summed E-state index contributed by atoms with van der Waals surface area (Å²) in [5.74, 6) is 1.38. The first-order valence-corrected chi connectivity index (χ1v) is 15.4. The molecule has 2 aliphatic heterocycles. The molecule has 244 valence electrons. The number of hydrogen-bond acceptors (Lipinski definition) is 9. The maximum absolute atomic E-state index is 12.9. The van der Waals surface area contributed by atoms with E-state index in [9.17, 15) is 15.0 Å². The first kappa shape index (κ1) is 33.9. The monoisotopic (exact) mass is 620 g/mol. The molecule has 2 heterocycles. The summed E-state index contributed by atoms with van der Waals surface area (Å²) in [5, 5.41) is 20.7. The molecule has 0 spiro atoms. The molecule has 1 fully saturated rings. The molecule has 9 nitrogen and oxygen atoms in total. The normalized spacial score (nSPS) is 25.2. The van der Waals surface area contributed by atoms with E-state index in [0.717, 1.165) is 34.6 Å². The van der Waals surface area contributed by atoms with Crippen LogP contribution in [0.3, 0.4) is 0 Å². The smallest absolute Gasteiger partial charge is 0.330 e. The van der Waals surface area contributed by atoms with Crippen molar-refractivity contribution >= 4 is 12.0 Å². The lowest BCUT2D eigenvalue weighted by Crippen LogP contribution is -2.69. The van der Waals surface area contributed by atoms with Gasteiger partial charge in [-0.2, -0.15) is 0 Å². The van der Waals surface area contributed by atoms with Crippen molar-refractivity contribution in [3.8, 4) is 17.2 Å². The number of carbonyl (C=O) groups excluding carboxylic acids is 1. The van der Waals surface area contributed by atoms with E-state index in [1.807, 2.05) is 37.3 Å². The van der Waals surface area contributed by atoms with E-state index >= 15 is 0 Å². The van der Waals surface area contributed by atoms with Crippen molar-refractivity contribution in [3.05, 3.63) is 82.3 Å². The summed E-state index contributed by atoms with van der Waals surface area (Å²) in [7, 11) is 7.04. The first-order valence-electron chi connectivity index (χ1n) is 15.4. The van der Waals surface area contributed by atoms with Crippen LogP contribution in [0.1, 0.15) is 63.8 Å². The fourth-order valence-corrected chi connectivity index (χ4v) is 6.79. The molecule has 2 N–H and O–H groups in total. The second-order valence-electron chi connectivity index (χ2n) is 12.3. The zero-order chi connectivity index (χ0) is 33.1. The summed E-state index contributed by atoms with van der Waals surface area (Å²) in [4.78, 5) is 17.7. The van der Waals surface area contributed by atoms with Gasteiger partial charge >= 0.3 is 5.97 Å². The van der Waals surface area contributed by atoms with Gasteiger partial charge in [0.15, 0.2) is 17.3 Å². The number of methoxy groups -OCH3 is 3. The van der Waals surface area contributed by atoms with Crippen LogP contribution in [0, 0.1) is 0 Å². The minimum absolute atomic E-state index is 0.0895. The third-order valence-electron chi connectivity index (χ3n) is 9.87. The highest BCUT2D eigenvalue weighted by Gasteiger charge is 2.52. The number of fused-ring (bicyclic) bond motifs is 1. The summed E-state index contributed by atoms with van der Waals surface area (Å²) in [6.45, 7) is 10.7. The molecule has 2 aliphatic rings. The second-order valence-corrected chi connectivity index (χ2v) is 12.3. The number of likely N-dealkylation sites (N-methyl/N-ethyl adjacent to an activating group) is 1. The van der Waals surface area contributed by atoms with Gasteiger partial charge in [0.25, 0.3) is 0 Å². The van der Waals surface area contributed by atoms with Gasteiger partial charge in [0.05, 0.1) is 27.4 Å². The Bertz CT molecular complexity index is 1460. The molecule has 0 radical (unpaired) electrons. The van der Waals surface area contributed by atoms with Crippen LogP contribution in [0.4, 0.5) is 0 Å². The number of allylic oxidation sites excluding steroid dienone is 2. The minimum atomic E-state index is -0.455. The molecular weight excluding hydrogens is 572 g/mol. The third kappa shape index (κ3) is 6.99. The number of aromatic hydroxyl groups is 2. The topological polar surface area (TPSA) is 101 Å². The van der Waals surface area contributed by atoms with Gasteiger partial charge < -0.3 is 29.2 Å². The number of phenols is 2. The van der Waals surface area contributed by atoms with E-state index in [4.69, 9.17) is 18.9 Å². The van der Waals surface area contributed by atoms with Crippen molar-refractivity contribution in [1.29, 1.82) is 0 Å². The van der Waals surface area contributed by atoms with Crippen molar-refractivity contribution in [2.75, 3.05) is 35.0 Å². The van der Waals surface area contributed by atoms with E-state index in [1.165, 1.54) is 11.6 Å². The molecule has 5 atom stereocenters. The predicted octanol–water partition coefficient (Wildman–Crippen LogP) is 5.97. The number of rotatable bonds is 11. The highest BCUT2D eigenvalue weighted by Crippen LogP contribution is 2.47. The first-order chi connectivity index (χ1) is 21.3. The summed E-state index contributed by atoms with van der Waals surface area (Å²) < 4.78 is 22.0. The Labute approximate surface area is 267 Å². The highest BCUT2D eigenvalue weighted by atomic mass is 16.5. The zero-order valence-electron chi connectivity index (χ0n) is 28.0. The lowest BCUT2D eigenvalue weighted by molar-refractivity contribution is -0.142. The van der Waals surface area contributed by atoms with E-state index in [1.54, 1.807) is 39.5 Å². The SMILES string of the molecule is COC(C)=C(C=C(C)C1(C)CC(C(C)N2C(C)Cc3cc(O)c(O)cc3C2COC(=O)C=Cc2ccc(OC)cc2)N1C)OC. The molecule has 2 aromatic carbocycles. The van der Waals surface area contributed by atoms with Crippen LogP contribution < -0.4 is 4.74 Å². The van der Waals surface area contributed by atoms with Crippen LogP contribution in [0.15, 0.2) is 65.6 Å². The van der Waals surface area contributed by atoms with Crippen molar-refractivity contribution in [3.63, 3.8) is 0 Å². The van der Waals surface area contributed by atoms with Gasteiger partial charge in [-0.3, -0.25) is 9.80 Å². The number of carbonyl (C=O) groups is 1. The fourth-order valence-electron chi connectivity index (χ4n) is 6.79. The van der Waals surface area contributed by atoms with Gasteiger partial charge in [-0.05, 0) is 113 Å². The van der Waals surface area contributed by atoms with Gasteiger partial charge in [-0.15, -0.1) is 0 Å². The molecule has 45 heavy (non-hydrogen) atoms. The summed E-state index contributed by atoms with van der Waals surface area (Å²) in [6.07, 6.45) is 6.80. The Hall–Kier alpha value is -3.95. The molecule has 9 heteroatoms. The van der Waals surface area contributed by atoms with E-state index in [0.29, 0.717) is 12.2 Å². The largest absolute Gasteiger partial charge is 0.504 e. The van der Waals surface area contributed by atoms with Gasteiger partial charge in [-0.25, -0.2) is 4.79 Å². The molecule has 0 bridgehead atoms. The number of ether oxygens (including phenoxy) is 4. The Morgan fingerprint density at radius 2 is 1.76 bits per heavy atom. The molecule has 0 saturated carbocycles. The molecule has 5 unspecified atom stereocenters. The van der Waals surface area contributed by atoms with Gasteiger partial charge in [0.2, 0.25) is 0 Å². The Morgan fingerprint density at radius 3 is 2.36 bits per heavy atom. The van der Waals surface area contributed by atoms with Crippen LogP contribution in [-0.2, 0) is 25.4 Å². The number of nitrogens with zero attached hydrogens (tertiary/aromatic N) is 2. The Kier molecular flexibility index (Phi) is 10.6. The quantitative estimate of drug-likeness (QED) is 0.103. The molecule has 4 rings (SSSR count). The van der Waals surface area contributed by atoms with Crippen molar-refractivity contribution in [1.82, 2.24) is 9.80 Å². The third-order valence-corrected chi connectivity index (χ3v) is 9.87. The average molecular weight is 621 g/mol. The van der Waals surface area contributed by atoms with E-state index < -0.39 is 5.97 Å². The zero-order valence-corrected chi connectivity index (χ0v) is 28.0. The molecule has 1 saturated heterocycles. The number of likely N-dealkylation sites (tertiary alicyclic amines) is 1. The summed E-state index contributed by atoms with van der Waals surface area (Å²) >= 11 is 0. The van der Waals surface area contributed by atoms with Crippen molar-refractivity contribution < 1.29 is 34.0 Å². The van der Waals surface area contributed by atoms with Crippen LogP contribution in [0.2, 0.25) is 0 Å². The number of hydrogen-bond donors (Lipinski definition) is 2. The molecule has 0 aliphatic carbocycles. The Balaban J connectivity index is 1.56.